The van der Waals surface area contributed by atoms with Crippen LogP contribution in [0.1, 0.15) is 13.3 Å². The van der Waals surface area contributed by atoms with Gasteiger partial charge in [-0.2, -0.15) is 0 Å². The van der Waals surface area contributed by atoms with Crippen molar-refractivity contribution in [2.45, 2.75) is 18.8 Å². The summed E-state index contributed by atoms with van der Waals surface area (Å²) < 4.78 is 0. The molecule has 5 heavy (non-hydrogen) atoms. The van der Waals surface area contributed by atoms with E-state index in [0.717, 1.165) is 6.42 Å². The Morgan fingerprint density at radius 3 is 2.20 bits per heavy atom. The lowest BCUT2D eigenvalue weighted by atomic mass is 10.5. The topological polar surface area (TPSA) is 26.0 Å². The first kappa shape index (κ1) is 5.25. The van der Waals surface area contributed by atoms with E-state index in [1.165, 1.54) is 0 Å². The average molecular weight is 93.6 g/mol. The number of halogens is 1. The molecule has 1 atom stereocenters. The van der Waals surface area contributed by atoms with Gasteiger partial charge in [-0.25, -0.2) is 0 Å². The molecule has 1 nitrogen and oxygen atoms in total. The molecule has 32 valence electrons. The van der Waals surface area contributed by atoms with Crippen LogP contribution in [0.2, 0.25) is 0 Å². The number of alkyl halides is 1. The Hall–Kier alpha value is 0.250. The summed E-state index contributed by atoms with van der Waals surface area (Å²) in [5.74, 6) is 0. The van der Waals surface area contributed by atoms with Crippen LogP contribution in [0.15, 0.2) is 0 Å². The third-order valence-electron chi connectivity index (χ3n) is 0.390. The van der Waals surface area contributed by atoms with E-state index >= 15 is 0 Å². The summed E-state index contributed by atoms with van der Waals surface area (Å²) in [6.07, 6.45) is 0.849. The highest BCUT2D eigenvalue weighted by atomic mass is 35.5. The standard InChI is InChI=1S/C3H8ClN/c1-2-3(4)5/h3H,2,5H2,1H3/t3-/m1/s1. The highest BCUT2D eigenvalue weighted by molar-refractivity contribution is 6.20. The lowest BCUT2D eigenvalue weighted by Gasteiger charge is -1.88. The molecule has 0 fully saturated rings. The molecule has 0 amide bonds. The molecule has 0 aromatic heterocycles. The fraction of sp³-hybridized carbons (Fsp3) is 1.00. The lowest BCUT2D eigenvalue weighted by Crippen LogP contribution is -2.08. The molecule has 0 bridgehead atoms. The Bertz CT molecular complexity index is 20.9. The molecule has 0 aliphatic heterocycles. The van der Waals surface area contributed by atoms with E-state index in [4.69, 9.17) is 17.3 Å². The summed E-state index contributed by atoms with van der Waals surface area (Å²) in [6.45, 7) is 1.94. The van der Waals surface area contributed by atoms with Crippen LogP contribution >= 0.6 is 11.6 Å². The molecular weight excluding hydrogens is 85.5 g/mol. The van der Waals surface area contributed by atoms with Gasteiger partial charge in [-0.15, -0.1) is 11.6 Å². The average Bonchev–Trinajstić information content (AvgIpc) is 1.38. The normalized spacial score (nSPS) is 15.0. The van der Waals surface area contributed by atoms with Crippen LogP contribution in [0.3, 0.4) is 0 Å². The molecule has 2 heteroatoms. The molecule has 0 saturated heterocycles. The second kappa shape index (κ2) is 2.49. The van der Waals surface area contributed by atoms with E-state index in [1.54, 1.807) is 0 Å². The van der Waals surface area contributed by atoms with Crippen molar-refractivity contribution in [3.8, 4) is 0 Å². The van der Waals surface area contributed by atoms with Crippen molar-refractivity contribution in [3.05, 3.63) is 0 Å². The largest absolute Gasteiger partial charge is 0.315 e. The van der Waals surface area contributed by atoms with Crippen LogP contribution in [-0.4, -0.2) is 5.50 Å². The smallest absolute Gasteiger partial charge is 0.0797 e. The van der Waals surface area contributed by atoms with E-state index in [2.05, 4.69) is 0 Å². The third kappa shape index (κ3) is 4.25. The fourth-order valence-corrected chi connectivity index (χ4v) is 0. The number of hydrogen-bond donors (Lipinski definition) is 1. The number of nitrogens with two attached hydrogens (primary N) is 1. The zero-order valence-corrected chi connectivity index (χ0v) is 4.00. The SMILES string of the molecule is CC[C@@H](N)Cl. The summed E-state index contributed by atoms with van der Waals surface area (Å²) in [6, 6.07) is 0. The Morgan fingerprint density at radius 2 is 2.20 bits per heavy atom. The van der Waals surface area contributed by atoms with Crippen molar-refractivity contribution in [2.24, 2.45) is 5.73 Å². The van der Waals surface area contributed by atoms with Crippen LogP contribution in [0, 0.1) is 0 Å². The van der Waals surface area contributed by atoms with Gasteiger partial charge in [0.2, 0.25) is 0 Å². The number of hydrogen-bond acceptors (Lipinski definition) is 1. The maximum atomic E-state index is 5.24. The highest BCUT2D eigenvalue weighted by Gasteiger charge is 1.82. The van der Waals surface area contributed by atoms with Crippen molar-refractivity contribution < 1.29 is 0 Å². The molecular formula is C3H8ClN. The van der Waals surface area contributed by atoms with E-state index < -0.39 is 0 Å². The van der Waals surface area contributed by atoms with Crippen LogP contribution in [0.25, 0.3) is 0 Å². The van der Waals surface area contributed by atoms with Crippen molar-refractivity contribution in [2.75, 3.05) is 0 Å². The minimum atomic E-state index is -0.144. The molecule has 0 saturated carbocycles. The molecule has 0 unspecified atom stereocenters. The van der Waals surface area contributed by atoms with Crippen LogP contribution in [-0.2, 0) is 0 Å². The van der Waals surface area contributed by atoms with E-state index in [9.17, 15) is 0 Å². The van der Waals surface area contributed by atoms with Gasteiger partial charge in [0, 0.05) is 0 Å². The van der Waals surface area contributed by atoms with E-state index in [0.29, 0.717) is 0 Å². The molecule has 0 aromatic carbocycles. The first-order valence-corrected chi connectivity index (χ1v) is 2.10. The summed E-state index contributed by atoms with van der Waals surface area (Å²) in [7, 11) is 0. The first-order chi connectivity index (χ1) is 2.27. The van der Waals surface area contributed by atoms with Gasteiger partial charge in [0.25, 0.3) is 0 Å². The van der Waals surface area contributed by atoms with Crippen molar-refractivity contribution in [1.29, 1.82) is 0 Å². The van der Waals surface area contributed by atoms with Gasteiger partial charge >= 0.3 is 0 Å². The Balaban J connectivity index is 2.54. The minimum absolute atomic E-state index is 0.144. The summed E-state index contributed by atoms with van der Waals surface area (Å²) in [5, 5.41) is 0. The molecule has 0 aliphatic rings. The molecule has 0 aliphatic carbocycles. The quantitative estimate of drug-likeness (QED) is 0.379. The summed E-state index contributed by atoms with van der Waals surface area (Å²) in [4.78, 5) is 0. The van der Waals surface area contributed by atoms with Gasteiger partial charge < -0.3 is 5.73 Å². The van der Waals surface area contributed by atoms with Gasteiger partial charge in [-0.1, -0.05) is 6.92 Å². The van der Waals surface area contributed by atoms with Gasteiger partial charge in [0.05, 0.1) is 5.50 Å². The Morgan fingerprint density at radius 1 is 2.00 bits per heavy atom. The minimum Gasteiger partial charge on any atom is -0.315 e. The zero-order valence-electron chi connectivity index (χ0n) is 3.24. The lowest BCUT2D eigenvalue weighted by molar-refractivity contribution is 0.857. The van der Waals surface area contributed by atoms with Crippen molar-refractivity contribution in [3.63, 3.8) is 0 Å². The second-order valence-corrected chi connectivity index (χ2v) is 1.48. The van der Waals surface area contributed by atoms with Crippen LogP contribution < -0.4 is 5.73 Å². The molecule has 2 N–H and O–H groups in total. The Kier molecular flexibility index (Phi) is 2.61. The fourth-order valence-electron chi connectivity index (χ4n) is 0. The maximum Gasteiger partial charge on any atom is 0.0797 e. The maximum absolute atomic E-state index is 5.24. The third-order valence-corrected chi connectivity index (χ3v) is 0.699. The molecule has 0 spiro atoms. The predicted molar refractivity (Wildman–Crippen MR) is 24.1 cm³/mol. The predicted octanol–water partition coefficient (Wildman–Crippen LogP) is 0.920. The van der Waals surface area contributed by atoms with Crippen molar-refractivity contribution in [1.82, 2.24) is 0 Å². The van der Waals surface area contributed by atoms with Crippen LogP contribution in [0.5, 0.6) is 0 Å². The number of rotatable bonds is 1. The van der Waals surface area contributed by atoms with Gasteiger partial charge in [0.15, 0.2) is 0 Å². The first-order valence-electron chi connectivity index (χ1n) is 1.67. The molecule has 0 rings (SSSR count). The summed E-state index contributed by atoms with van der Waals surface area (Å²) >= 11 is 5.24. The molecule has 0 aromatic rings. The zero-order chi connectivity index (χ0) is 4.28. The van der Waals surface area contributed by atoms with Gasteiger partial charge in [0.1, 0.15) is 0 Å². The Labute approximate surface area is 37.1 Å². The van der Waals surface area contributed by atoms with Crippen molar-refractivity contribution >= 4 is 11.6 Å². The summed E-state index contributed by atoms with van der Waals surface area (Å²) in [5.41, 5.74) is 4.91. The van der Waals surface area contributed by atoms with E-state index in [1.807, 2.05) is 6.92 Å². The highest BCUT2D eigenvalue weighted by Crippen LogP contribution is 1.87. The van der Waals surface area contributed by atoms with Gasteiger partial charge in [-0.05, 0) is 6.42 Å². The second-order valence-electron chi connectivity index (χ2n) is 0.924. The monoisotopic (exact) mass is 93.0 g/mol. The van der Waals surface area contributed by atoms with E-state index in [-0.39, 0.29) is 5.50 Å². The molecule has 0 heterocycles. The van der Waals surface area contributed by atoms with Gasteiger partial charge in [-0.3, -0.25) is 0 Å². The van der Waals surface area contributed by atoms with Crippen LogP contribution in [0.4, 0.5) is 0 Å². The molecule has 0 radical (unpaired) electrons.